The van der Waals surface area contributed by atoms with Gasteiger partial charge >= 0.3 is 0 Å². The predicted octanol–water partition coefficient (Wildman–Crippen LogP) is 0.681. The molecule has 0 fully saturated rings. The van der Waals surface area contributed by atoms with Gasteiger partial charge in [0.05, 0.1) is 17.9 Å². The van der Waals surface area contributed by atoms with Crippen molar-refractivity contribution in [1.82, 2.24) is 20.5 Å². The van der Waals surface area contributed by atoms with Crippen LogP contribution in [0.5, 0.6) is 5.75 Å². The third-order valence-corrected chi connectivity index (χ3v) is 3.97. The van der Waals surface area contributed by atoms with Crippen molar-refractivity contribution in [3.63, 3.8) is 0 Å². The molecule has 1 heterocycles. The number of nitrogens with one attached hydrogen (secondary N) is 2. The molecule has 2 rings (SSSR count). The van der Waals surface area contributed by atoms with Crippen molar-refractivity contribution in [2.45, 2.75) is 37.6 Å². The molecule has 1 atom stereocenters. The van der Waals surface area contributed by atoms with Gasteiger partial charge in [0.1, 0.15) is 12.1 Å². The number of hydrogen-bond donors (Lipinski definition) is 2. The van der Waals surface area contributed by atoms with Crippen LogP contribution in [0.3, 0.4) is 0 Å². The largest absolute Gasteiger partial charge is 0.550 e. The van der Waals surface area contributed by atoms with Crippen LogP contribution in [0.4, 0.5) is 0 Å². The van der Waals surface area contributed by atoms with Crippen LogP contribution in [0.2, 0.25) is 0 Å². The monoisotopic (exact) mass is 363 g/mol. The van der Waals surface area contributed by atoms with Gasteiger partial charge in [-0.25, -0.2) is 4.98 Å². The predicted molar refractivity (Wildman–Crippen MR) is 89.8 cm³/mol. The topological polar surface area (TPSA) is 120 Å². The summed E-state index contributed by atoms with van der Waals surface area (Å²) in [5, 5.41) is 20.6. The summed E-state index contributed by atoms with van der Waals surface area (Å²) >= 11 is 1.18. The van der Waals surface area contributed by atoms with E-state index in [0.29, 0.717) is 16.5 Å². The van der Waals surface area contributed by atoms with Crippen LogP contribution in [0, 0.1) is 0 Å². The van der Waals surface area contributed by atoms with Crippen molar-refractivity contribution in [3.05, 3.63) is 36.2 Å². The zero-order chi connectivity index (χ0) is 18.2. The molecule has 0 aliphatic heterocycles. The number of carboxylic acid groups (broad SMARTS) is 1. The number of aliphatic carboxylic acids is 1. The Hall–Kier alpha value is -2.55. The van der Waals surface area contributed by atoms with Gasteiger partial charge in [0, 0.05) is 12.4 Å². The van der Waals surface area contributed by atoms with E-state index in [1.165, 1.54) is 18.1 Å². The van der Waals surface area contributed by atoms with Gasteiger partial charge < -0.3 is 20.0 Å². The second-order valence-corrected chi connectivity index (χ2v) is 6.48. The second kappa shape index (κ2) is 9.07. The Labute approximate surface area is 149 Å². The first kappa shape index (κ1) is 18.8. The normalized spacial score (nSPS) is 12.0. The van der Waals surface area contributed by atoms with Crippen molar-refractivity contribution >= 4 is 23.6 Å². The molecule has 1 amide bonds. The zero-order valence-electron chi connectivity index (χ0n) is 13.9. The summed E-state index contributed by atoms with van der Waals surface area (Å²) in [4.78, 5) is 27.0. The quantitative estimate of drug-likeness (QED) is 0.629. The molecule has 0 saturated heterocycles. The molecule has 134 valence electrons. The number of aromatic amines is 1. The third kappa shape index (κ3) is 6.46. The molecule has 0 aliphatic rings. The Bertz CT molecular complexity index is 689. The molecule has 8 nitrogen and oxygen atoms in total. The van der Waals surface area contributed by atoms with Crippen LogP contribution in [0.25, 0.3) is 0 Å². The maximum atomic E-state index is 12.1. The van der Waals surface area contributed by atoms with E-state index in [0.717, 1.165) is 0 Å². The SMILES string of the molecule is CC(C)Oc1ccc([C@@H](CC(=O)[O-])NC(=O)CSc2ncn[nH]2)cc1. The first-order valence-electron chi connectivity index (χ1n) is 7.68. The average molecular weight is 363 g/mol. The van der Waals surface area contributed by atoms with Crippen molar-refractivity contribution in [1.29, 1.82) is 0 Å². The van der Waals surface area contributed by atoms with Crippen molar-refractivity contribution < 1.29 is 19.4 Å². The number of hydrogen-bond acceptors (Lipinski definition) is 7. The zero-order valence-corrected chi connectivity index (χ0v) is 14.7. The minimum absolute atomic E-state index is 0.0395. The van der Waals surface area contributed by atoms with Crippen LogP contribution in [0.1, 0.15) is 31.9 Å². The summed E-state index contributed by atoms with van der Waals surface area (Å²) in [5.41, 5.74) is 0.665. The van der Waals surface area contributed by atoms with E-state index in [9.17, 15) is 14.7 Å². The fourth-order valence-electron chi connectivity index (χ4n) is 2.10. The molecule has 0 bridgehead atoms. The van der Waals surface area contributed by atoms with Gasteiger partial charge in [0.15, 0.2) is 5.16 Å². The average Bonchev–Trinajstić information content (AvgIpc) is 3.05. The fraction of sp³-hybridized carbons (Fsp3) is 0.375. The summed E-state index contributed by atoms with van der Waals surface area (Å²) < 4.78 is 5.56. The third-order valence-electron chi connectivity index (χ3n) is 3.09. The van der Waals surface area contributed by atoms with Gasteiger partial charge in [0.2, 0.25) is 5.91 Å². The number of carbonyl (C=O) groups excluding carboxylic acids is 2. The number of aromatic nitrogens is 3. The van der Waals surface area contributed by atoms with Crippen molar-refractivity contribution in [3.8, 4) is 5.75 Å². The van der Waals surface area contributed by atoms with Crippen LogP contribution in [-0.2, 0) is 9.59 Å². The molecule has 0 aliphatic carbocycles. The summed E-state index contributed by atoms with van der Waals surface area (Å²) in [6.45, 7) is 3.83. The Morgan fingerprint density at radius 2 is 2.04 bits per heavy atom. The summed E-state index contributed by atoms with van der Waals surface area (Å²) in [6.07, 6.45) is 1.07. The summed E-state index contributed by atoms with van der Waals surface area (Å²) in [6, 6.07) is 6.27. The summed E-state index contributed by atoms with van der Waals surface area (Å²) in [5.74, 6) is -0.781. The second-order valence-electron chi connectivity index (χ2n) is 5.51. The number of carboxylic acids is 1. The highest BCUT2D eigenvalue weighted by Gasteiger charge is 2.16. The van der Waals surface area contributed by atoms with Crippen molar-refractivity contribution in [2.24, 2.45) is 0 Å². The van der Waals surface area contributed by atoms with E-state index in [2.05, 4.69) is 20.5 Å². The number of thioether (sulfide) groups is 1. The number of carbonyl (C=O) groups is 2. The number of nitrogens with zero attached hydrogens (tertiary/aromatic N) is 2. The van der Waals surface area contributed by atoms with Gasteiger partial charge in [-0.15, -0.1) is 0 Å². The maximum absolute atomic E-state index is 12.1. The van der Waals surface area contributed by atoms with Gasteiger partial charge in [0.25, 0.3) is 0 Å². The highest BCUT2D eigenvalue weighted by Crippen LogP contribution is 2.21. The first-order chi connectivity index (χ1) is 11.9. The molecular formula is C16H19N4O4S-. The molecule has 0 saturated carbocycles. The molecule has 2 aromatic rings. The van der Waals surface area contributed by atoms with E-state index in [1.807, 2.05) is 13.8 Å². The number of amides is 1. The van der Waals surface area contributed by atoms with Crippen LogP contribution >= 0.6 is 11.8 Å². The fourth-order valence-corrected chi connectivity index (χ4v) is 2.69. The standard InChI is InChI=1S/C16H20N4O4S/c1-10(2)24-12-5-3-11(4-6-12)13(7-15(22)23)19-14(21)8-25-16-17-9-18-20-16/h3-6,9-10,13H,7-8H2,1-2H3,(H,19,21)(H,22,23)(H,17,18,20)/p-1/t13-/m1/s1. The minimum Gasteiger partial charge on any atom is -0.550 e. The Morgan fingerprint density at radius 1 is 1.32 bits per heavy atom. The lowest BCUT2D eigenvalue weighted by molar-refractivity contribution is -0.306. The van der Waals surface area contributed by atoms with Gasteiger partial charge in [-0.2, -0.15) is 5.10 Å². The first-order valence-corrected chi connectivity index (χ1v) is 8.66. The van der Waals surface area contributed by atoms with Crippen LogP contribution in [-0.4, -0.2) is 38.9 Å². The lowest BCUT2D eigenvalue weighted by atomic mass is 10.0. The summed E-state index contributed by atoms with van der Waals surface area (Å²) in [7, 11) is 0. The molecular weight excluding hydrogens is 344 g/mol. The smallest absolute Gasteiger partial charge is 0.230 e. The van der Waals surface area contributed by atoms with Crippen LogP contribution < -0.4 is 15.2 Å². The molecule has 1 aromatic carbocycles. The number of benzene rings is 1. The van der Waals surface area contributed by atoms with Crippen LogP contribution in [0.15, 0.2) is 35.7 Å². The van der Waals surface area contributed by atoms with Gasteiger partial charge in [-0.1, -0.05) is 23.9 Å². The van der Waals surface area contributed by atoms with E-state index in [-0.39, 0.29) is 24.2 Å². The highest BCUT2D eigenvalue weighted by molar-refractivity contribution is 7.99. The minimum atomic E-state index is -1.24. The lowest BCUT2D eigenvalue weighted by Crippen LogP contribution is -2.35. The maximum Gasteiger partial charge on any atom is 0.230 e. The number of ether oxygens (including phenoxy) is 1. The van der Waals surface area contributed by atoms with E-state index in [4.69, 9.17) is 4.74 Å². The van der Waals surface area contributed by atoms with Crippen molar-refractivity contribution in [2.75, 3.05) is 5.75 Å². The van der Waals surface area contributed by atoms with E-state index >= 15 is 0 Å². The molecule has 0 radical (unpaired) electrons. The Balaban J connectivity index is 1.99. The number of rotatable bonds is 9. The Kier molecular flexibility index (Phi) is 6.81. The van der Waals surface area contributed by atoms with Gasteiger partial charge in [-0.05, 0) is 31.5 Å². The highest BCUT2D eigenvalue weighted by atomic mass is 32.2. The Morgan fingerprint density at radius 3 is 2.60 bits per heavy atom. The molecule has 0 spiro atoms. The van der Waals surface area contributed by atoms with Gasteiger partial charge in [-0.3, -0.25) is 9.89 Å². The lowest BCUT2D eigenvalue weighted by Gasteiger charge is -2.20. The molecule has 25 heavy (non-hydrogen) atoms. The number of H-pyrrole nitrogens is 1. The van der Waals surface area contributed by atoms with E-state index < -0.39 is 12.0 Å². The molecule has 2 N–H and O–H groups in total. The molecule has 1 aromatic heterocycles. The molecule has 0 unspecified atom stereocenters. The van der Waals surface area contributed by atoms with E-state index in [1.54, 1.807) is 24.3 Å². The molecule has 9 heteroatoms.